The summed E-state index contributed by atoms with van der Waals surface area (Å²) in [6.07, 6.45) is 1.88. The third-order valence-electron chi connectivity index (χ3n) is 1.77. The summed E-state index contributed by atoms with van der Waals surface area (Å²) < 4.78 is 5.17. The molecule has 0 amide bonds. The molecule has 0 saturated heterocycles. The average molecular weight is 115 g/mol. The lowest BCUT2D eigenvalue weighted by atomic mass is 10.0. The van der Waals surface area contributed by atoms with Crippen LogP contribution in [0, 0.1) is 6.92 Å². The average Bonchev–Trinajstić information content (AvgIpc) is 1.87. The van der Waals surface area contributed by atoms with Crippen molar-refractivity contribution in [2.45, 2.75) is 32.3 Å². The van der Waals surface area contributed by atoms with Crippen molar-refractivity contribution in [3.63, 3.8) is 0 Å². The van der Waals surface area contributed by atoms with Gasteiger partial charge >= 0.3 is 0 Å². The molecule has 8 heavy (non-hydrogen) atoms. The van der Waals surface area contributed by atoms with Crippen LogP contribution in [0.4, 0.5) is 0 Å². The predicted molar refractivity (Wildman–Crippen MR) is 35.7 cm³/mol. The maximum absolute atomic E-state index is 5.17. The van der Waals surface area contributed by atoms with E-state index in [1.54, 1.807) is 7.11 Å². The van der Waals surface area contributed by atoms with Crippen molar-refractivity contribution < 1.29 is 4.74 Å². The third kappa shape index (κ3) is 1.83. The molecule has 0 fully saturated rings. The van der Waals surface area contributed by atoms with Gasteiger partial charge in [0.2, 0.25) is 0 Å². The first-order chi connectivity index (χ1) is 3.68. The zero-order valence-corrected chi connectivity index (χ0v) is 6.03. The number of methoxy groups -OCH3 is 1. The molecule has 49 valence electrons. The van der Waals surface area contributed by atoms with Crippen LogP contribution in [0.3, 0.4) is 0 Å². The van der Waals surface area contributed by atoms with Crippen LogP contribution >= 0.6 is 0 Å². The van der Waals surface area contributed by atoms with Gasteiger partial charge in [0.05, 0.1) is 5.60 Å². The fraction of sp³-hybridized carbons (Fsp3) is 0.857. The van der Waals surface area contributed by atoms with E-state index in [0.717, 1.165) is 12.8 Å². The molecule has 1 nitrogen and oxygen atoms in total. The van der Waals surface area contributed by atoms with Gasteiger partial charge in [-0.2, -0.15) is 0 Å². The fourth-order valence-corrected chi connectivity index (χ4v) is 0.423. The minimum Gasteiger partial charge on any atom is -0.379 e. The first kappa shape index (κ1) is 7.96. The van der Waals surface area contributed by atoms with Gasteiger partial charge in [0.15, 0.2) is 0 Å². The summed E-state index contributed by atoms with van der Waals surface area (Å²) in [6, 6.07) is 0. The lowest BCUT2D eigenvalue weighted by Crippen LogP contribution is -2.24. The van der Waals surface area contributed by atoms with Crippen molar-refractivity contribution in [3.8, 4) is 0 Å². The second-order valence-corrected chi connectivity index (χ2v) is 2.26. The lowest BCUT2D eigenvalue weighted by molar-refractivity contribution is 0.00496. The van der Waals surface area contributed by atoms with E-state index in [1.807, 2.05) is 0 Å². The summed E-state index contributed by atoms with van der Waals surface area (Å²) >= 11 is 0. The summed E-state index contributed by atoms with van der Waals surface area (Å²) in [7, 11) is 1.73. The highest BCUT2D eigenvalue weighted by atomic mass is 16.5. The minimum atomic E-state index is 0.0139. The monoisotopic (exact) mass is 115 g/mol. The molecule has 0 heterocycles. The van der Waals surface area contributed by atoms with Gasteiger partial charge in [0.25, 0.3) is 0 Å². The molecule has 0 bridgehead atoms. The highest BCUT2D eigenvalue weighted by Crippen LogP contribution is 2.16. The second-order valence-electron chi connectivity index (χ2n) is 2.26. The molecular weight excluding hydrogens is 100 g/mol. The SMILES string of the molecule is [CH2]CC(C)(CC)OC. The topological polar surface area (TPSA) is 9.23 Å². The van der Waals surface area contributed by atoms with Gasteiger partial charge in [-0.3, -0.25) is 0 Å². The largest absolute Gasteiger partial charge is 0.379 e. The van der Waals surface area contributed by atoms with Crippen LogP contribution in [0.1, 0.15) is 26.7 Å². The van der Waals surface area contributed by atoms with E-state index in [-0.39, 0.29) is 5.60 Å². The molecule has 0 N–H and O–H groups in total. The van der Waals surface area contributed by atoms with Crippen LogP contribution in [0.25, 0.3) is 0 Å². The molecule has 0 rings (SSSR count). The van der Waals surface area contributed by atoms with E-state index in [9.17, 15) is 0 Å². The molecule has 1 atom stereocenters. The minimum absolute atomic E-state index is 0.0139. The van der Waals surface area contributed by atoms with Gasteiger partial charge in [-0.25, -0.2) is 0 Å². The zero-order chi connectivity index (χ0) is 6.62. The molecular formula is C7H15O. The van der Waals surface area contributed by atoms with E-state index in [2.05, 4.69) is 20.8 Å². The standard InChI is InChI=1S/C7H15O/c1-5-7(3,6-2)8-4/h1,5-6H2,2-4H3. The Morgan fingerprint density at radius 3 is 2.12 bits per heavy atom. The molecule has 0 aliphatic rings. The predicted octanol–water partition coefficient (Wildman–Crippen LogP) is 2.03. The Balaban J connectivity index is 3.58. The van der Waals surface area contributed by atoms with E-state index in [1.165, 1.54) is 0 Å². The summed E-state index contributed by atoms with van der Waals surface area (Å²) in [5, 5.41) is 0. The zero-order valence-electron chi connectivity index (χ0n) is 6.03. The van der Waals surface area contributed by atoms with E-state index >= 15 is 0 Å². The first-order valence-corrected chi connectivity index (χ1v) is 3.03. The molecule has 0 saturated carbocycles. The molecule has 1 radical (unpaired) electrons. The summed E-state index contributed by atoms with van der Waals surface area (Å²) in [5.41, 5.74) is 0.0139. The molecule has 0 aromatic heterocycles. The van der Waals surface area contributed by atoms with Crippen LogP contribution in [-0.2, 0) is 4.74 Å². The van der Waals surface area contributed by atoms with Crippen molar-refractivity contribution in [3.05, 3.63) is 6.92 Å². The normalized spacial score (nSPS) is 12.0. The maximum atomic E-state index is 5.17. The van der Waals surface area contributed by atoms with E-state index in [4.69, 9.17) is 4.74 Å². The maximum Gasteiger partial charge on any atom is 0.0648 e. The van der Waals surface area contributed by atoms with Crippen molar-refractivity contribution >= 4 is 0 Å². The second kappa shape index (κ2) is 3.08. The summed E-state index contributed by atoms with van der Waals surface area (Å²) in [5.74, 6) is 0. The Labute approximate surface area is 52.0 Å². The molecule has 0 aromatic carbocycles. The Morgan fingerprint density at radius 1 is 1.62 bits per heavy atom. The van der Waals surface area contributed by atoms with Gasteiger partial charge in [-0.1, -0.05) is 13.8 Å². The highest BCUT2D eigenvalue weighted by molar-refractivity contribution is 4.72. The molecule has 0 aliphatic heterocycles. The Hall–Kier alpha value is -0.0400. The molecule has 0 aromatic rings. The van der Waals surface area contributed by atoms with Gasteiger partial charge in [0, 0.05) is 7.11 Å². The van der Waals surface area contributed by atoms with Crippen molar-refractivity contribution in [1.82, 2.24) is 0 Å². The van der Waals surface area contributed by atoms with Crippen molar-refractivity contribution in [2.24, 2.45) is 0 Å². The Kier molecular flexibility index (Phi) is 3.06. The Bertz CT molecular complexity index is 47.1. The van der Waals surface area contributed by atoms with Crippen molar-refractivity contribution in [1.29, 1.82) is 0 Å². The number of hydrogen-bond donors (Lipinski definition) is 0. The summed E-state index contributed by atoms with van der Waals surface area (Å²) in [6.45, 7) is 7.95. The first-order valence-electron chi connectivity index (χ1n) is 3.03. The van der Waals surface area contributed by atoms with Gasteiger partial charge in [0.1, 0.15) is 0 Å². The van der Waals surface area contributed by atoms with Crippen LogP contribution in [0.15, 0.2) is 0 Å². The van der Waals surface area contributed by atoms with Crippen LogP contribution in [0.5, 0.6) is 0 Å². The number of rotatable bonds is 3. The highest BCUT2D eigenvalue weighted by Gasteiger charge is 2.16. The lowest BCUT2D eigenvalue weighted by Gasteiger charge is -2.24. The molecule has 1 unspecified atom stereocenters. The molecule has 1 heteroatoms. The van der Waals surface area contributed by atoms with Crippen LogP contribution in [0.2, 0.25) is 0 Å². The van der Waals surface area contributed by atoms with Gasteiger partial charge in [-0.05, 0) is 19.8 Å². The quantitative estimate of drug-likeness (QED) is 0.546. The van der Waals surface area contributed by atoms with Crippen LogP contribution in [-0.4, -0.2) is 12.7 Å². The number of ether oxygens (including phenoxy) is 1. The van der Waals surface area contributed by atoms with Gasteiger partial charge < -0.3 is 4.74 Å². The third-order valence-corrected chi connectivity index (χ3v) is 1.77. The van der Waals surface area contributed by atoms with Gasteiger partial charge in [-0.15, -0.1) is 0 Å². The van der Waals surface area contributed by atoms with E-state index in [0.29, 0.717) is 0 Å². The number of hydrogen-bond acceptors (Lipinski definition) is 1. The summed E-state index contributed by atoms with van der Waals surface area (Å²) in [4.78, 5) is 0. The molecule has 0 aliphatic carbocycles. The van der Waals surface area contributed by atoms with E-state index < -0.39 is 0 Å². The van der Waals surface area contributed by atoms with Crippen molar-refractivity contribution in [2.75, 3.05) is 7.11 Å². The molecule has 0 spiro atoms. The smallest absolute Gasteiger partial charge is 0.0648 e. The Morgan fingerprint density at radius 2 is 2.12 bits per heavy atom. The van der Waals surface area contributed by atoms with Crippen LogP contribution < -0.4 is 0 Å². The fourth-order valence-electron chi connectivity index (χ4n) is 0.423.